The average molecular weight is 572 g/mol. The summed E-state index contributed by atoms with van der Waals surface area (Å²) in [7, 11) is 0. The van der Waals surface area contributed by atoms with E-state index in [1.165, 1.54) is 12.7 Å². The molecule has 0 bridgehead atoms. The first-order valence-corrected chi connectivity index (χ1v) is 14.7. The molecule has 2 aromatic carbocycles. The van der Waals surface area contributed by atoms with Crippen LogP contribution in [0.4, 0.5) is 0 Å². The van der Waals surface area contributed by atoms with Crippen LogP contribution >= 0.6 is 0 Å². The highest BCUT2D eigenvalue weighted by molar-refractivity contribution is 6.09. The average Bonchev–Trinajstić information content (AvgIpc) is 3.59. The molecule has 2 aliphatic rings. The van der Waals surface area contributed by atoms with Crippen molar-refractivity contribution >= 4 is 23.5 Å². The van der Waals surface area contributed by atoms with E-state index in [0.717, 1.165) is 25.7 Å². The highest BCUT2D eigenvalue weighted by Gasteiger charge is 2.29. The molecule has 9 nitrogen and oxygen atoms in total. The van der Waals surface area contributed by atoms with Crippen molar-refractivity contribution in [3.05, 3.63) is 95.4 Å². The number of ketones is 1. The lowest BCUT2D eigenvalue weighted by Crippen LogP contribution is -2.53. The van der Waals surface area contributed by atoms with Gasteiger partial charge in [0.15, 0.2) is 11.5 Å². The van der Waals surface area contributed by atoms with Crippen molar-refractivity contribution < 1.29 is 28.3 Å². The fraction of sp³-hybridized carbons (Fsp3) is 0.394. The number of rotatable bonds is 10. The number of furan rings is 1. The quantitative estimate of drug-likeness (QED) is 0.352. The molecular weight excluding hydrogens is 534 g/mol. The zero-order valence-electron chi connectivity index (χ0n) is 23.6. The zero-order valence-corrected chi connectivity index (χ0v) is 23.6. The van der Waals surface area contributed by atoms with Crippen molar-refractivity contribution in [2.45, 2.75) is 50.7 Å². The Morgan fingerprint density at radius 1 is 0.857 bits per heavy atom. The minimum Gasteiger partial charge on any atom is -0.459 e. The summed E-state index contributed by atoms with van der Waals surface area (Å²) in [6, 6.07) is 18.2. The largest absolute Gasteiger partial charge is 0.459 e. The molecule has 5 rings (SSSR count). The minimum atomic E-state index is -0.691. The van der Waals surface area contributed by atoms with Gasteiger partial charge in [0.05, 0.1) is 19.0 Å². The predicted octanol–water partition coefficient (Wildman–Crippen LogP) is 4.24. The molecule has 3 aromatic rings. The smallest absolute Gasteiger partial charge is 0.287 e. The fourth-order valence-corrected chi connectivity index (χ4v) is 5.69. The summed E-state index contributed by atoms with van der Waals surface area (Å²) >= 11 is 0. The normalized spacial score (nSPS) is 18.2. The van der Waals surface area contributed by atoms with Crippen molar-refractivity contribution in [2.24, 2.45) is 5.92 Å². The second-order valence-electron chi connectivity index (χ2n) is 11.0. The molecule has 1 saturated carbocycles. The Balaban J connectivity index is 1.16. The standard InChI is InChI=1S/C33H37N3O6/c37-30(24-10-5-2-6-11-24)25-13-15-26(16-14-25)33(40)36-17-19-41-27(22-36)21-34-31(38)28(20-23-8-3-1-4-9-23)35-32(39)29-12-7-18-42-29/h2,5-7,10-16,18,23,27-28H,1,3-4,8-9,17,19-22H2,(H,34,38)(H,35,39)/t27?,28-/m0/s1. The van der Waals surface area contributed by atoms with Crippen molar-refractivity contribution in [1.29, 1.82) is 0 Å². The Morgan fingerprint density at radius 3 is 2.29 bits per heavy atom. The van der Waals surface area contributed by atoms with Crippen LogP contribution in [0.3, 0.4) is 0 Å². The lowest BCUT2D eigenvalue weighted by Gasteiger charge is -2.33. The van der Waals surface area contributed by atoms with E-state index in [0.29, 0.717) is 48.7 Å². The summed E-state index contributed by atoms with van der Waals surface area (Å²) < 4.78 is 11.1. The molecule has 2 fully saturated rings. The molecule has 2 atom stereocenters. The van der Waals surface area contributed by atoms with Gasteiger partial charge in [0.25, 0.3) is 11.8 Å². The molecule has 2 N–H and O–H groups in total. The number of carbonyl (C=O) groups is 4. The Hall–Kier alpha value is -4.24. The lowest BCUT2D eigenvalue weighted by molar-refractivity contribution is -0.124. The van der Waals surface area contributed by atoms with Gasteiger partial charge in [-0.1, -0.05) is 74.6 Å². The van der Waals surface area contributed by atoms with E-state index in [2.05, 4.69) is 10.6 Å². The monoisotopic (exact) mass is 571 g/mol. The van der Waals surface area contributed by atoms with Crippen LogP contribution in [0.25, 0.3) is 0 Å². The number of hydrogen-bond donors (Lipinski definition) is 2. The van der Waals surface area contributed by atoms with Gasteiger partial charge in [0, 0.05) is 36.3 Å². The highest BCUT2D eigenvalue weighted by atomic mass is 16.5. The number of nitrogens with zero attached hydrogens (tertiary/aromatic N) is 1. The third-order valence-electron chi connectivity index (χ3n) is 8.02. The van der Waals surface area contributed by atoms with Gasteiger partial charge < -0.3 is 24.7 Å². The highest BCUT2D eigenvalue weighted by Crippen LogP contribution is 2.27. The van der Waals surface area contributed by atoms with E-state index in [-0.39, 0.29) is 36.0 Å². The van der Waals surface area contributed by atoms with Crippen LogP contribution in [0.15, 0.2) is 77.4 Å². The molecule has 42 heavy (non-hydrogen) atoms. The van der Waals surface area contributed by atoms with Crippen LogP contribution in [-0.2, 0) is 9.53 Å². The van der Waals surface area contributed by atoms with Gasteiger partial charge in [-0.15, -0.1) is 0 Å². The summed E-state index contributed by atoms with van der Waals surface area (Å²) in [6.45, 7) is 1.30. The maximum absolute atomic E-state index is 13.3. The van der Waals surface area contributed by atoms with E-state index in [9.17, 15) is 19.2 Å². The van der Waals surface area contributed by atoms with Crippen LogP contribution in [0.2, 0.25) is 0 Å². The number of amides is 3. The molecule has 0 radical (unpaired) electrons. The first-order chi connectivity index (χ1) is 20.5. The van der Waals surface area contributed by atoms with Crippen molar-refractivity contribution in [3.8, 4) is 0 Å². The molecule has 1 unspecified atom stereocenters. The van der Waals surface area contributed by atoms with Gasteiger partial charge in [-0.2, -0.15) is 0 Å². The second-order valence-corrected chi connectivity index (χ2v) is 11.0. The minimum absolute atomic E-state index is 0.0982. The predicted molar refractivity (Wildman–Crippen MR) is 156 cm³/mol. The molecule has 9 heteroatoms. The van der Waals surface area contributed by atoms with Crippen LogP contribution in [-0.4, -0.2) is 66.8 Å². The summed E-state index contributed by atoms with van der Waals surface area (Å²) in [6.07, 6.45) is 7.18. The molecule has 1 aliphatic heterocycles. The molecule has 3 amide bonds. The summed E-state index contributed by atoms with van der Waals surface area (Å²) in [4.78, 5) is 53.6. The van der Waals surface area contributed by atoms with Crippen LogP contribution in [0.1, 0.15) is 75.4 Å². The number of carbonyl (C=O) groups excluding carboxylic acids is 4. The Morgan fingerprint density at radius 2 is 1.57 bits per heavy atom. The van der Waals surface area contributed by atoms with E-state index >= 15 is 0 Å². The van der Waals surface area contributed by atoms with Gasteiger partial charge >= 0.3 is 0 Å². The first-order valence-electron chi connectivity index (χ1n) is 14.7. The van der Waals surface area contributed by atoms with Crippen LogP contribution in [0.5, 0.6) is 0 Å². The maximum atomic E-state index is 13.3. The van der Waals surface area contributed by atoms with Gasteiger partial charge in [-0.3, -0.25) is 19.2 Å². The molecule has 0 spiro atoms. The Labute approximate surface area is 245 Å². The third-order valence-corrected chi connectivity index (χ3v) is 8.02. The summed E-state index contributed by atoms with van der Waals surface area (Å²) in [5, 5.41) is 5.79. The fourth-order valence-electron chi connectivity index (χ4n) is 5.69. The van der Waals surface area contributed by atoms with Gasteiger partial charge in [0.1, 0.15) is 6.04 Å². The summed E-state index contributed by atoms with van der Waals surface area (Å²) in [5.74, 6) is -0.407. The number of ether oxygens (including phenoxy) is 1. The van der Waals surface area contributed by atoms with E-state index in [1.54, 1.807) is 53.4 Å². The summed E-state index contributed by atoms with van der Waals surface area (Å²) in [5.41, 5.74) is 1.59. The zero-order chi connectivity index (χ0) is 29.3. The number of morpholine rings is 1. The van der Waals surface area contributed by atoms with Crippen LogP contribution < -0.4 is 10.6 Å². The number of hydrogen-bond acceptors (Lipinski definition) is 6. The molecule has 1 saturated heterocycles. The number of benzene rings is 2. The van der Waals surface area contributed by atoms with E-state index in [1.807, 2.05) is 18.2 Å². The lowest BCUT2D eigenvalue weighted by atomic mass is 9.84. The maximum Gasteiger partial charge on any atom is 0.287 e. The van der Waals surface area contributed by atoms with Crippen molar-refractivity contribution in [3.63, 3.8) is 0 Å². The van der Waals surface area contributed by atoms with E-state index < -0.39 is 11.9 Å². The van der Waals surface area contributed by atoms with Crippen molar-refractivity contribution in [1.82, 2.24) is 15.5 Å². The van der Waals surface area contributed by atoms with Gasteiger partial charge in [-0.05, 0) is 36.6 Å². The molecule has 220 valence electrons. The Bertz CT molecular complexity index is 1350. The van der Waals surface area contributed by atoms with Gasteiger partial charge in [-0.25, -0.2) is 0 Å². The van der Waals surface area contributed by atoms with Crippen molar-refractivity contribution in [2.75, 3.05) is 26.2 Å². The first kappa shape index (κ1) is 29.3. The van der Waals surface area contributed by atoms with Gasteiger partial charge in [0.2, 0.25) is 5.91 Å². The van der Waals surface area contributed by atoms with E-state index in [4.69, 9.17) is 9.15 Å². The second kappa shape index (κ2) is 14.1. The van der Waals surface area contributed by atoms with Crippen LogP contribution in [0, 0.1) is 5.92 Å². The number of nitrogens with one attached hydrogen (secondary N) is 2. The topological polar surface area (TPSA) is 118 Å². The molecular formula is C33H37N3O6. The molecule has 1 aromatic heterocycles. The molecule has 1 aliphatic carbocycles. The molecule has 2 heterocycles. The third kappa shape index (κ3) is 7.53. The Kier molecular flexibility index (Phi) is 9.82. The SMILES string of the molecule is O=C(c1ccccc1)c1ccc(C(=O)N2CCOC(CNC(=O)[C@H](CC3CCCCC3)NC(=O)c3ccco3)C2)cc1.